The van der Waals surface area contributed by atoms with Gasteiger partial charge in [0, 0.05) is 17.1 Å². The standard InChI is InChI=1S/C11H16N2O2S/c1-7-9(12)5-10(16-7)11(15)13-4-2-3-8(13)6-14/h5,8,14H,2-4,6,12H2,1H3. The zero-order valence-corrected chi connectivity index (χ0v) is 10.1. The topological polar surface area (TPSA) is 66.6 Å². The molecule has 1 aromatic rings. The molecule has 0 radical (unpaired) electrons. The molecule has 1 aliphatic rings. The average Bonchev–Trinajstić information content (AvgIpc) is 2.85. The van der Waals surface area contributed by atoms with Crippen LogP contribution in [0.4, 0.5) is 5.69 Å². The molecule has 2 heterocycles. The third-order valence-corrected chi connectivity index (χ3v) is 4.07. The summed E-state index contributed by atoms with van der Waals surface area (Å²) in [7, 11) is 0. The number of nitrogens with two attached hydrogens (primary N) is 1. The molecule has 1 fully saturated rings. The first-order valence-corrected chi connectivity index (χ1v) is 6.23. The van der Waals surface area contributed by atoms with Crippen LogP contribution in [0.5, 0.6) is 0 Å². The maximum absolute atomic E-state index is 12.2. The molecule has 0 spiro atoms. The first-order chi connectivity index (χ1) is 7.63. The van der Waals surface area contributed by atoms with Crippen LogP contribution in [0.25, 0.3) is 0 Å². The molecule has 1 unspecified atom stereocenters. The Morgan fingerprint density at radius 2 is 2.50 bits per heavy atom. The highest BCUT2D eigenvalue weighted by molar-refractivity contribution is 7.14. The van der Waals surface area contributed by atoms with E-state index in [1.54, 1.807) is 11.0 Å². The molecule has 16 heavy (non-hydrogen) atoms. The summed E-state index contributed by atoms with van der Waals surface area (Å²) in [5, 5.41) is 9.18. The van der Waals surface area contributed by atoms with Gasteiger partial charge >= 0.3 is 0 Å². The number of hydrogen-bond acceptors (Lipinski definition) is 4. The molecule has 1 amide bonds. The van der Waals surface area contributed by atoms with Crippen LogP contribution in [-0.2, 0) is 0 Å². The molecule has 5 heteroatoms. The van der Waals surface area contributed by atoms with Crippen molar-refractivity contribution in [3.8, 4) is 0 Å². The molecule has 0 aromatic carbocycles. The fourth-order valence-electron chi connectivity index (χ4n) is 2.04. The van der Waals surface area contributed by atoms with Gasteiger partial charge in [-0.15, -0.1) is 11.3 Å². The largest absolute Gasteiger partial charge is 0.398 e. The summed E-state index contributed by atoms with van der Waals surface area (Å²) >= 11 is 1.42. The number of rotatable bonds is 2. The quantitative estimate of drug-likeness (QED) is 0.817. The Morgan fingerprint density at radius 1 is 1.75 bits per heavy atom. The number of aliphatic hydroxyl groups is 1. The van der Waals surface area contributed by atoms with Crippen LogP contribution in [0.3, 0.4) is 0 Å². The van der Waals surface area contributed by atoms with Gasteiger partial charge in [0.25, 0.3) is 5.91 Å². The maximum atomic E-state index is 12.2. The number of carbonyl (C=O) groups excluding carboxylic acids is 1. The highest BCUT2D eigenvalue weighted by atomic mass is 32.1. The lowest BCUT2D eigenvalue weighted by Crippen LogP contribution is -2.37. The zero-order chi connectivity index (χ0) is 11.7. The Kier molecular flexibility index (Phi) is 3.16. The van der Waals surface area contributed by atoms with E-state index >= 15 is 0 Å². The SMILES string of the molecule is Cc1sc(C(=O)N2CCCC2CO)cc1N. The van der Waals surface area contributed by atoms with E-state index in [0.29, 0.717) is 10.6 Å². The van der Waals surface area contributed by atoms with Crippen molar-refractivity contribution in [2.75, 3.05) is 18.9 Å². The number of thiophene rings is 1. The van der Waals surface area contributed by atoms with Crippen molar-refractivity contribution in [2.45, 2.75) is 25.8 Å². The Hall–Kier alpha value is -1.07. The van der Waals surface area contributed by atoms with Crippen molar-refractivity contribution >= 4 is 22.9 Å². The number of amides is 1. The molecule has 88 valence electrons. The van der Waals surface area contributed by atoms with Gasteiger partial charge in [-0.1, -0.05) is 0 Å². The van der Waals surface area contributed by atoms with Gasteiger partial charge in [-0.05, 0) is 25.8 Å². The second-order valence-electron chi connectivity index (χ2n) is 4.10. The first-order valence-electron chi connectivity index (χ1n) is 5.41. The Balaban J connectivity index is 2.18. The van der Waals surface area contributed by atoms with Gasteiger partial charge in [-0.25, -0.2) is 0 Å². The van der Waals surface area contributed by atoms with E-state index in [1.807, 2.05) is 6.92 Å². The Labute approximate surface area is 98.7 Å². The van der Waals surface area contributed by atoms with E-state index in [2.05, 4.69) is 0 Å². The highest BCUT2D eigenvalue weighted by Crippen LogP contribution is 2.27. The van der Waals surface area contributed by atoms with Gasteiger partial charge in [0.2, 0.25) is 0 Å². The van der Waals surface area contributed by atoms with E-state index in [1.165, 1.54) is 11.3 Å². The van der Waals surface area contributed by atoms with Gasteiger partial charge in [0.05, 0.1) is 17.5 Å². The van der Waals surface area contributed by atoms with Crippen molar-refractivity contribution in [3.05, 3.63) is 15.8 Å². The molecule has 4 nitrogen and oxygen atoms in total. The van der Waals surface area contributed by atoms with Crippen molar-refractivity contribution in [1.29, 1.82) is 0 Å². The number of carbonyl (C=O) groups is 1. The first kappa shape index (κ1) is 11.4. The van der Waals surface area contributed by atoms with E-state index < -0.39 is 0 Å². The summed E-state index contributed by atoms with van der Waals surface area (Å²) in [4.78, 5) is 15.6. The lowest BCUT2D eigenvalue weighted by atomic mass is 10.2. The predicted octanol–water partition coefficient (Wildman–Crippen LogP) is 1.24. The molecule has 0 aliphatic carbocycles. The summed E-state index contributed by atoms with van der Waals surface area (Å²) < 4.78 is 0. The van der Waals surface area contributed by atoms with Gasteiger partial charge in [0.1, 0.15) is 0 Å². The summed E-state index contributed by atoms with van der Waals surface area (Å²) in [5.74, 6) is 0.00125. The van der Waals surface area contributed by atoms with Crippen LogP contribution in [0, 0.1) is 6.92 Å². The van der Waals surface area contributed by atoms with Gasteiger partial charge in [0.15, 0.2) is 0 Å². The second-order valence-corrected chi connectivity index (χ2v) is 5.36. The number of likely N-dealkylation sites (tertiary alicyclic amines) is 1. The fourth-order valence-corrected chi connectivity index (χ4v) is 2.93. The predicted molar refractivity (Wildman–Crippen MR) is 64.6 cm³/mol. The molecule has 2 rings (SSSR count). The van der Waals surface area contributed by atoms with E-state index in [4.69, 9.17) is 5.73 Å². The van der Waals surface area contributed by atoms with Crippen molar-refractivity contribution in [1.82, 2.24) is 4.90 Å². The van der Waals surface area contributed by atoms with E-state index in [9.17, 15) is 9.90 Å². The van der Waals surface area contributed by atoms with E-state index in [-0.39, 0.29) is 18.6 Å². The van der Waals surface area contributed by atoms with Crippen LogP contribution in [0.15, 0.2) is 6.07 Å². The number of aliphatic hydroxyl groups excluding tert-OH is 1. The summed E-state index contributed by atoms with van der Waals surface area (Å²) in [5.41, 5.74) is 6.41. The lowest BCUT2D eigenvalue weighted by molar-refractivity contribution is 0.0682. The minimum Gasteiger partial charge on any atom is -0.398 e. The maximum Gasteiger partial charge on any atom is 0.264 e. The number of nitrogen functional groups attached to an aromatic ring is 1. The van der Waals surface area contributed by atoms with Gasteiger partial charge in [-0.2, -0.15) is 0 Å². The molecular formula is C11H16N2O2S. The molecule has 0 saturated carbocycles. The number of hydrogen-bond donors (Lipinski definition) is 2. The van der Waals surface area contributed by atoms with Crippen LogP contribution in [0.1, 0.15) is 27.4 Å². The minimum absolute atomic E-state index is 0.00125. The van der Waals surface area contributed by atoms with Crippen LogP contribution >= 0.6 is 11.3 Å². The molecule has 0 bridgehead atoms. The minimum atomic E-state index is -0.0175. The lowest BCUT2D eigenvalue weighted by Gasteiger charge is -2.22. The van der Waals surface area contributed by atoms with E-state index in [0.717, 1.165) is 24.3 Å². The second kappa shape index (κ2) is 4.43. The monoisotopic (exact) mass is 240 g/mol. The van der Waals surface area contributed by atoms with Crippen LogP contribution < -0.4 is 5.73 Å². The summed E-state index contributed by atoms with van der Waals surface area (Å²) in [6, 6.07) is 1.71. The highest BCUT2D eigenvalue weighted by Gasteiger charge is 2.29. The fraction of sp³-hybridized carbons (Fsp3) is 0.545. The van der Waals surface area contributed by atoms with Gasteiger partial charge < -0.3 is 15.7 Å². The molecule has 3 N–H and O–H groups in total. The summed E-state index contributed by atoms with van der Waals surface area (Å²) in [6.07, 6.45) is 1.86. The van der Waals surface area contributed by atoms with Crippen molar-refractivity contribution in [3.63, 3.8) is 0 Å². The average molecular weight is 240 g/mol. The van der Waals surface area contributed by atoms with Crippen LogP contribution in [-0.4, -0.2) is 35.1 Å². The molecule has 1 saturated heterocycles. The molecular weight excluding hydrogens is 224 g/mol. The van der Waals surface area contributed by atoms with Crippen molar-refractivity contribution < 1.29 is 9.90 Å². The van der Waals surface area contributed by atoms with Crippen LogP contribution in [0.2, 0.25) is 0 Å². The summed E-state index contributed by atoms with van der Waals surface area (Å²) in [6.45, 7) is 2.69. The number of anilines is 1. The Bertz CT molecular complexity index is 383. The molecule has 1 aliphatic heterocycles. The van der Waals surface area contributed by atoms with Gasteiger partial charge in [-0.3, -0.25) is 4.79 Å². The normalized spacial score (nSPS) is 20.4. The number of aryl methyl sites for hydroxylation is 1. The zero-order valence-electron chi connectivity index (χ0n) is 9.27. The third-order valence-electron chi connectivity index (χ3n) is 3.02. The smallest absolute Gasteiger partial charge is 0.264 e. The third kappa shape index (κ3) is 1.92. The number of nitrogens with zero attached hydrogens (tertiary/aromatic N) is 1. The molecule has 1 aromatic heterocycles. The molecule has 1 atom stereocenters. The van der Waals surface area contributed by atoms with Crippen molar-refractivity contribution in [2.24, 2.45) is 0 Å². The Morgan fingerprint density at radius 3 is 3.06 bits per heavy atom.